The number of morpholine rings is 4. The topological polar surface area (TPSA) is 117 Å². The smallest absolute Gasteiger partial charge is 0.137 e. The molecule has 77 heavy (non-hydrogen) atoms. The average molecular weight is 1080 g/mol. The van der Waals surface area contributed by atoms with Crippen LogP contribution < -0.4 is 29.8 Å². The quantitative estimate of drug-likeness (QED) is 0.165. The lowest BCUT2D eigenvalue weighted by Gasteiger charge is -2.40. The Bertz CT molecular complexity index is 3200. The highest BCUT2D eigenvalue weighted by Gasteiger charge is 2.41. The third-order valence-electron chi connectivity index (χ3n) is 15.4. The number of benzene rings is 2. The molecule has 4 saturated heterocycles. The van der Waals surface area contributed by atoms with Crippen LogP contribution in [0.3, 0.4) is 0 Å². The minimum atomic E-state index is -0.690. The number of fused-ring (bicyclic) bond motifs is 4. The second-order valence-corrected chi connectivity index (χ2v) is 23.8. The normalized spacial score (nSPS) is 20.3. The number of rotatable bonds is 5. The summed E-state index contributed by atoms with van der Waals surface area (Å²) in [6, 6.07) is 8.71. The molecule has 19 heteroatoms. The highest BCUT2D eigenvalue weighted by Crippen LogP contribution is 2.49. The van der Waals surface area contributed by atoms with Crippen LogP contribution in [0.1, 0.15) is 77.9 Å². The molecule has 6 aromatic rings. The first kappa shape index (κ1) is 54.6. The molecule has 4 fully saturated rings. The van der Waals surface area contributed by atoms with Crippen LogP contribution >= 0.6 is 11.6 Å². The summed E-state index contributed by atoms with van der Waals surface area (Å²) >= 11 is 6.32. The first-order chi connectivity index (χ1) is 36.5. The summed E-state index contributed by atoms with van der Waals surface area (Å²) in [7, 11) is 0. The highest BCUT2D eigenvalue weighted by atomic mass is 35.5. The maximum atomic E-state index is 15.6. The molecular weight excluding hydrogens is 1010 g/mol. The van der Waals surface area contributed by atoms with Gasteiger partial charge in [0.25, 0.3) is 0 Å². The zero-order valence-corrected chi connectivity index (χ0v) is 46.7. The largest absolute Gasteiger partial charge is 0.383 e. The standard InChI is InChI=1S/C29H35F2N5O2.C16H17ClF2N2O.C13H19N3O/c1-18-25(36-16-28(2,3)26-23(36)14-20(15-32-26)34-6-9-37-10-7-34)24-21(31)12-19(30)13-22(24)33-27(18)35-8-11-38-29(4,5)17-35;1-9-14(17)13-11(19)6-10(18)7-12(13)20-15(9)21-4-5-22-16(2,3)8-21;1-13(2)9-15-11-7-10(8-14-12(11)13)16-3-5-17-6-4-16/h12-15H,6-11,16-17H2,1-5H3;6-7H,4-5,8H2,1-3H3;7-8,15H,3-6,9H2,1-2H3. The Morgan fingerprint density at radius 1 is 0.545 bits per heavy atom. The van der Waals surface area contributed by atoms with Crippen molar-refractivity contribution in [3.8, 4) is 0 Å². The van der Waals surface area contributed by atoms with Crippen LogP contribution in [0.25, 0.3) is 21.8 Å². The van der Waals surface area contributed by atoms with E-state index in [0.29, 0.717) is 81.4 Å². The van der Waals surface area contributed by atoms with Gasteiger partial charge in [-0.1, -0.05) is 39.3 Å². The van der Waals surface area contributed by atoms with Crippen LogP contribution in [0.4, 0.5) is 57.6 Å². The van der Waals surface area contributed by atoms with Gasteiger partial charge in [-0.15, -0.1) is 0 Å². The Morgan fingerprint density at radius 3 is 1.57 bits per heavy atom. The van der Waals surface area contributed by atoms with Crippen LogP contribution in [0.2, 0.25) is 5.02 Å². The van der Waals surface area contributed by atoms with Crippen molar-refractivity contribution in [2.45, 2.75) is 91.3 Å². The summed E-state index contributed by atoms with van der Waals surface area (Å²) in [6.45, 7) is 32.5. The van der Waals surface area contributed by atoms with Gasteiger partial charge in [-0.25, -0.2) is 27.5 Å². The molecule has 0 radical (unpaired) electrons. The molecule has 0 unspecified atom stereocenters. The molecule has 412 valence electrons. The SMILES string of the molecule is CC1(C)CNc2cc(N3CCOCC3)cnc21.Cc1c(N2CCOC(C)(C)C2)nc2cc(F)cc(F)c2c1Cl.Cc1c(N2CCOC(C)(C)C2)nc2cc(F)cc(F)c2c1N1CC(C)(C)c2ncc(N3CCOCC3)cc21. The van der Waals surface area contributed by atoms with Crippen LogP contribution in [-0.2, 0) is 29.8 Å². The number of hydrogen-bond acceptors (Lipinski definition) is 14. The second kappa shape index (κ2) is 21.1. The van der Waals surface area contributed by atoms with E-state index in [9.17, 15) is 13.2 Å². The Balaban J connectivity index is 0.000000145. The monoisotopic (exact) mass is 1080 g/mol. The van der Waals surface area contributed by atoms with Gasteiger partial charge in [-0.3, -0.25) is 9.97 Å². The Morgan fingerprint density at radius 2 is 1.03 bits per heavy atom. The van der Waals surface area contributed by atoms with Crippen LogP contribution in [0.15, 0.2) is 48.8 Å². The van der Waals surface area contributed by atoms with Gasteiger partial charge in [0.1, 0.15) is 34.9 Å². The van der Waals surface area contributed by atoms with Gasteiger partial charge in [-0.2, -0.15) is 0 Å². The van der Waals surface area contributed by atoms with Gasteiger partial charge in [0, 0.05) is 112 Å². The molecule has 6 aliphatic rings. The van der Waals surface area contributed by atoms with E-state index in [1.807, 2.05) is 51.9 Å². The van der Waals surface area contributed by atoms with Gasteiger partial charge in [0.05, 0.1) is 130 Å². The van der Waals surface area contributed by atoms with Gasteiger partial charge >= 0.3 is 0 Å². The van der Waals surface area contributed by atoms with E-state index in [-0.39, 0.29) is 38.0 Å². The molecule has 12 rings (SSSR count). The number of anilines is 7. The molecule has 0 saturated carbocycles. The molecule has 0 bridgehead atoms. The Hall–Kier alpha value is -5.79. The third-order valence-corrected chi connectivity index (χ3v) is 15.9. The van der Waals surface area contributed by atoms with E-state index < -0.39 is 23.3 Å². The number of nitrogens with one attached hydrogen (secondary N) is 1. The molecule has 0 amide bonds. The van der Waals surface area contributed by atoms with E-state index in [4.69, 9.17) is 40.5 Å². The molecular formula is C58H71ClF4N10O4. The maximum Gasteiger partial charge on any atom is 0.137 e. The Kier molecular flexibility index (Phi) is 15.0. The van der Waals surface area contributed by atoms with Crippen molar-refractivity contribution in [1.29, 1.82) is 0 Å². The van der Waals surface area contributed by atoms with Crippen molar-refractivity contribution in [3.63, 3.8) is 0 Å². The molecule has 4 aromatic heterocycles. The lowest BCUT2D eigenvalue weighted by molar-refractivity contribution is -0.0282. The highest BCUT2D eigenvalue weighted by molar-refractivity contribution is 6.36. The molecule has 0 atom stereocenters. The summed E-state index contributed by atoms with van der Waals surface area (Å²) in [6.07, 6.45) is 3.93. The van der Waals surface area contributed by atoms with Gasteiger partial charge in [0.15, 0.2) is 0 Å². The summed E-state index contributed by atoms with van der Waals surface area (Å²) < 4.78 is 80.1. The maximum absolute atomic E-state index is 15.6. The van der Waals surface area contributed by atoms with E-state index in [0.717, 1.165) is 92.2 Å². The van der Waals surface area contributed by atoms with Crippen LogP contribution in [0.5, 0.6) is 0 Å². The van der Waals surface area contributed by atoms with Crippen molar-refractivity contribution < 1.29 is 36.5 Å². The molecule has 0 spiro atoms. The summed E-state index contributed by atoms with van der Waals surface area (Å²) in [4.78, 5) is 29.8. The van der Waals surface area contributed by atoms with E-state index in [2.05, 4.69) is 74.7 Å². The van der Waals surface area contributed by atoms with Gasteiger partial charge < -0.3 is 48.8 Å². The molecule has 0 aliphatic carbocycles. The zero-order chi connectivity index (χ0) is 54.8. The minimum Gasteiger partial charge on any atom is -0.383 e. The second-order valence-electron chi connectivity index (χ2n) is 23.5. The van der Waals surface area contributed by atoms with Crippen LogP contribution in [-0.4, -0.2) is 136 Å². The molecule has 14 nitrogen and oxygen atoms in total. The zero-order valence-electron chi connectivity index (χ0n) is 46.0. The van der Waals surface area contributed by atoms with Crippen molar-refractivity contribution in [2.24, 2.45) is 0 Å². The van der Waals surface area contributed by atoms with Gasteiger partial charge in [0.2, 0.25) is 0 Å². The third kappa shape index (κ3) is 11.1. The molecule has 10 heterocycles. The van der Waals surface area contributed by atoms with E-state index in [1.165, 1.54) is 29.2 Å². The number of pyridine rings is 4. The minimum absolute atomic E-state index is 0.152. The molecule has 1 N–H and O–H groups in total. The van der Waals surface area contributed by atoms with E-state index >= 15 is 4.39 Å². The fourth-order valence-electron chi connectivity index (χ4n) is 11.5. The number of aromatic nitrogens is 4. The number of halogens is 5. The van der Waals surface area contributed by atoms with Gasteiger partial charge in [-0.05, 0) is 53.7 Å². The van der Waals surface area contributed by atoms with E-state index in [1.54, 1.807) is 6.92 Å². The fraction of sp³-hybridized carbons (Fsp3) is 0.517. The van der Waals surface area contributed by atoms with Crippen molar-refractivity contribution in [1.82, 2.24) is 19.9 Å². The summed E-state index contributed by atoms with van der Waals surface area (Å²) in [5.74, 6) is -1.21. The number of nitrogens with zero attached hydrogens (tertiary/aromatic N) is 9. The first-order valence-electron chi connectivity index (χ1n) is 26.7. The predicted molar refractivity (Wildman–Crippen MR) is 298 cm³/mol. The van der Waals surface area contributed by atoms with Crippen LogP contribution in [0, 0.1) is 37.1 Å². The molecule has 2 aromatic carbocycles. The fourth-order valence-corrected chi connectivity index (χ4v) is 11.8. The number of ether oxygens (including phenoxy) is 4. The predicted octanol–water partition coefficient (Wildman–Crippen LogP) is 10.8. The first-order valence-corrected chi connectivity index (χ1v) is 27.1. The van der Waals surface area contributed by atoms with Crippen molar-refractivity contribution >= 4 is 73.5 Å². The lowest BCUT2D eigenvalue weighted by Crippen LogP contribution is -2.49. The lowest BCUT2D eigenvalue weighted by atomic mass is 9.91. The van der Waals surface area contributed by atoms with Crippen molar-refractivity contribution in [3.05, 3.63) is 99.6 Å². The Labute approximate surface area is 454 Å². The molecule has 6 aliphatic heterocycles. The van der Waals surface area contributed by atoms with Crippen molar-refractivity contribution in [2.75, 3.05) is 135 Å². The summed E-state index contributed by atoms with van der Waals surface area (Å²) in [5.41, 5.74) is 8.57. The summed E-state index contributed by atoms with van der Waals surface area (Å²) in [5, 5.41) is 4.23. The average Bonchev–Trinajstić information content (AvgIpc) is 3.90. The number of hydrogen-bond donors (Lipinski definition) is 1.